The van der Waals surface area contributed by atoms with Gasteiger partial charge in [-0.3, -0.25) is 0 Å². The van der Waals surface area contributed by atoms with Crippen LogP contribution in [0.15, 0.2) is 0 Å². The van der Waals surface area contributed by atoms with Gasteiger partial charge in [-0.15, -0.1) is 0 Å². The lowest BCUT2D eigenvalue weighted by molar-refractivity contribution is -0.0208. The molecule has 0 unspecified atom stereocenters. The molecule has 0 aromatic carbocycles. The molecular weight excluding hydrogens is 515 g/mol. The van der Waals surface area contributed by atoms with Crippen molar-refractivity contribution in [2.75, 3.05) is 99.2 Å². The van der Waals surface area contributed by atoms with Gasteiger partial charge in [0.1, 0.15) is 6.67 Å². The number of rotatable bonds is 37. The van der Waals surface area contributed by atoms with Gasteiger partial charge >= 0.3 is 0 Å². The molecule has 0 radical (unpaired) electrons. The quantitative estimate of drug-likeness (QED) is 0.0713. The zero-order valence-corrected chi connectivity index (χ0v) is 26.2. The smallest absolute Gasteiger partial charge is 0.113 e. The van der Waals surface area contributed by atoms with E-state index in [9.17, 15) is 4.39 Å². The maximum Gasteiger partial charge on any atom is 0.113 e. The summed E-state index contributed by atoms with van der Waals surface area (Å²) >= 11 is 0. The molecule has 0 atom stereocenters. The summed E-state index contributed by atoms with van der Waals surface area (Å²) in [4.78, 5) is 0. The van der Waals surface area contributed by atoms with Crippen LogP contribution in [0, 0.1) is 0 Å². The van der Waals surface area contributed by atoms with Crippen molar-refractivity contribution in [2.24, 2.45) is 0 Å². The lowest BCUT2D eigenvalue weighted by Crippen LogP contribution is -2.14. The minimum Gasteiger partial charge on any atom is -0.379 e. The van der Waals surface area contributed by atoms with Crippen LogP contribution in [0.2, 0.25) is 0 Å². The lowest BCUT2D eigenvalue weighted by atomic mass is 10.0. The van der Waals surface area contributed by atoms with Crippen LogP contribution in [0.25, 0.3) is 0 Å². The van der Waals surface area contributed by atoms with Crippen molar-refractivity contribution in [3.05, 3.63) is 0 Å². The van der Waals surface area contributed by atoms with Crippen molar-refractivity contribution >= 4 is 0 Å². The second-order valence-corrected chi connectivity index (χ2v) is 10.3. The Bertz CT molecular complexity index is 394. The molecule has 0 saturated heterocycles. The molecule has 0 amide bonds. The van der Waals surface area contributed by atoms with E-state index >= 15 is 0 Å². The van der Waals surface area contributed by atoms with Gasteiger partial charge in [-0.05, 0) is 6.42 Å². The number of hydrogen-bond donors (Lipinski definition) is 0. The van der Waals surface area contributed by atoms with Crippen LogP contribution in [0.4, 0.5) is 4.39 Å². The van der Waals surface area contributed by atoms with E-state index in [1.54, 1.807) is 0 Å². The fourth-order valence-electron chi connectivity index (χ4n) is 4.23. The van der Waals surface area contributed by atoms with Crippen LogP contribution in [-0.2, 0) is 33.2 Å². The van der Waals surface area contributed by atoms with Crippen molar-refractivity contribution in [3.63, 3.8) is 0 Å². The molecule has 0 spiro atoms. The summed E-state index contributed by atoms with van der Waals surface area (Å²) in [5.74, 6) is 0. The van der Waals surface area contributed by atoms with Gasteiger partial charge in [0.15, 0.2) is 0 Å². The molecule has 0 aliphatic heterocycles. The van der Waals surface area contributed by atoms with Crippen molar-refractivity contribution < 1.29 is 37.5 Å². The zero-order chi connectivity index (χ0) is 28.9. The SMILES string of the molecule is CCCCCCCCCCCCCCCCCCOCCOCCOCCOCCOCCOCCOCCF. The monoisotopic (exact) mass is 580 g/mol. The average Bonchev–Trinajstić information content (AvgIpc) is 2.97. The molecule has 0 saturated carbocycles. The first-order chi connectivity index (χ1) is 19.9. The highest BCUT2D eigenvalue weighted by Crippen LogP contribution is 2.13. The first-order valence-corrected chi connectivity index (χ1v) is 16.5. The predicted octanol–water partition coefficient (Wildman–Crippen LogP) is 7.33. The molecule has 8 heteroatoms. The number of hydrogen-bond acceptors (Lipinski definition) is 7. The molecule has 242 valence electrons. The number of ether oxygens (including phenoxy) is 7. The Morgan fingerprint density at radius 2 is 0.500 bits per heavy atom. The van der Waals surface area contributed by atoms with Gasteiger partial charge in [0.2, 0.25) is 0 Å². The topological polar surface area (TPSA) is 64.6 Å². The minimum absolute atomic E-state index is 0.128. The van der Waals surface area contributed by atoms with E-state index in [1.165, 1.54) is 96.3 Å². The highest BCUT2D eigenvalue weighted by atomic mass is 19.1. The van der Waals surface area contributed by atoms with E-state index in [1.807, 2.05) is 0 Å². The maximum atomic E-state index is 11.8. The molecular formula is C32H65FO7. The Balaban J connectivity index is 3.01. The summed E-state index contributed by atoms with van der Waals surface area (Å²) in [6.45, 7) is 9.17. The first kappa shape index (κ1) is 39.6. The third-order valence-corrected chi connectivity index (χ3v) is 6.60. The van der Waals surface area contributed by atoms with Crippen LogP contribution in [-0.4, -0.2) is 99.2 Å². The molecule has 0 aromatic rings. The Labute approximate surface area is 246 Å². The predicted molar refractivity (Wildman–Crippen MR) is 161 cm³/mol. The molecule has 0 aromatic heterocycles. The van der Waals surface area contributed by atoms with Crippen molar-refractivity contribution in [1.29, 1.82) is 0 Å². The van der Waals surface area contributed by atoms with Crippen LogP contribution in [0.5, 0.6) is 0 Å². The van der Waals surface area contributed by atoms with Gasteiger partial charge in [0.25, 0.3) is 0 Å². The number of halogens is 1. The van der Waals surface area contributed by atoms with Crippen LogP contribution < -0.4 is 0 Å². The summed E-state index contributed by atoms with van der Waals surface area (Å²) in [7, 11) is 0. The van der Waals surface area contributed by atoms with Crippen LogP contribution in [0.3, 0.4) is 0 Å². The van der Waals surface area contributed by atoms with E-state index in [0.29, 0.717) is 79.3 Å². The van der Waals surface area contributed by atoms with Crippen molar-refractivity contribution in [1.82, 2.24) is 0 Å². The molecule has 0 aliphatic carbocycles. The lowest BCUT2D eigenvalue weighted by Gasteiger charge is -2.08. The highest BCUT2D eigenvalue weighted by molar-refractivity contribution is 4.50. The van der Waals surface area contributed by atoms with Crippen molar-refractivity contribution in [3.8, 4) is 0 Å². The number of unbranched alkanes of at least 4 members (excludes halogenated alkanes) is 15. The molecule has 0 heterocycles. The first-order valence-electron chi connectivity index (χ1n) is 16.5. The highest BCUT2D eigenvalue weighted by Gasteiger charge is 1.97. The third kappa shape index (κ3) is 37.6. The largest absolute Gasteiger partial charge is 0.379 e. The molecule has 0 bridgehead atoms. The van der Waals surface area contributed by atoms with E-state index in [-0.39, 0.29) is 6.61 Å². The summed E-state index contributed by atoms with van der Waals surface area (Å²) in [5, 5.41) is 0. The number of alkyl halides is 1. The van der Waals surface area contributed by atoms with Gasteiger partial charge < -0.3 is 33.2 Å². The van der Waals surface area contributed by atoms with Gasteiger partial charge in [0, 0.05) is 6.61 Å². The molecule has 40 heavy (non-hydrogen) atoms. The Kier molecular flexibility index (Phi) is 38.3. The van der Waals surface area contributed by atoms with Crippen LogP contribution >= 0.6 is 0 Å². The maximum absolute atomic E-state index is 11.8. The average molecular weight is 581 g/mol. The van der Waals surface area contributed by atoms with Gasteiger partial charge in [-0.25, -0.2) is 4.39 Å². The van der Waals surface area contributed by atoms with E-state index in [4.69, 9.17) is 33.2 Å². The minimum atomic E-state index is -0.461. The Morgan fingerprint density at radius 3 is 0.775 bits per heavy atom. The summed E-state index contributed by atoms with van der Waals surface area (Å²) < 4.78 is 49.6. The Morgan fingerprint density at radius 1 is 0.275 bits per heavy atom. The second-order valence-electron chi connectivity index (χ2n) is 10.3. The summed E-state index contributed by atoms with van der Waals surface area (Å²) in [5.41, 5.74) is 0. The van der Waals surface area contributed by atoms with Gasteiger partial charge in [-0.1, -0.05) is 103 Å². The third-order valence-electron chi connectivity index (χ3n) is 6.60. The van der Waals surface area contributed by atoms with Crippen molar-refractivity contribution in [2.45, 2.75) is 110 Å². The van der Waals surface area contributed by atoms with E-state index in [2.05, 4.69) is 6.92 Å². The summed E-state index contributed by atoms with van der Waals surface area (Å²) in [6.07, 6.45) is 22.2. The molecule has 0 fully saturated rings. The van der Waals surface area contributed by atoms with Crippen LogP contribution in [0.1, 0.15) is 110 Å². The second kappa shape index (κ2) is 38.6. The molecule has 0 rings (SSSR count). The molecule has 7 nitrogen and oxygen atoms in total. The molecule has 0 N–H and O–H groups in total. The standard InChI is InChI=1S/C32H65FO7/c1-2-3-4-5-6-7-8-9-10-11-12-13-14-15-16-17-19-34-21-23-36-25-27-38-29-31-40-32-30-39-28-26-37-24-22-35-20-18-33/h2-32H2,1H3. The fourth-order valence-corrected chi connectivity index (χ4v) is 4.23. The van der Waals surface area contributed by atoms with E-state index < -0.39 is 6.67 Å². The summed E-state index contributed by atoms with van der Waals surface area (Å²) in [6, 6.07) is 0. The normalized spacial score (nSPS) is 11.6. The fraction of sp³-hybridized carbons (Fsp3) is 1.00. The van der Waals surface area contributed by atoms with E-state index in [0.717, 1.165) is 13.0 Å². The van der Waals surface area contributed by atoms with Gasteiger partial charge in [0.05, 0.1) is 85.9 Å². The van der Waals surface area contributed by atoms with Gasteiger partial charge in [-0.2, -0.15) is 0 Å². The zero-order valence-electron chi connectivity index (χ0n) is 26.2. The Hall–Kier alpha value is -0.350. The molecule has 0 aliphatic rings.